The molecular formula is C24H30O2S. The third kappa shape index (κ3) is 2.55. The molecule has 0 aliphatic carbocycles. The zero-order chi connectivity index (χ0) is 20.6. The maximum absolute atomic E-state index is 12.6. The predicted molar refractivity (Wildman–Crippen MR) is 117 cm³/mol. The van der Waals surface area contributed by atoms with Gasteiger partial charge in [0, 0.05) is 6.26 Å². The zero-order valence-corrected chi connectivity index (χ0v) is 19.0. The summed E-state index contributed by atoms with van der Waals surface area (Å²) in [5, 5.41) is 4.93. The molecule has 3 rings (SSSR count). The summed E-state index contributed by atoms with van der Waals surface area (Å²) in [5.74, 6) is 0. The number of sulfone groups is 1. The van der Waals surface area contributed by atoms with Gasteiger partial charge in [-0.3, -0.25) is 0 Å². The van der Waals surface area contributed by atoms with E-state index < -0.39 is 9.84 Å². The summed E-state index contributed by atoms with van der Waals surface area (Å²) < 4.78 is 25.1. The molecule has 0 unspecified atom stereocenters. The minimum atomic E-state index is -3.29. The van der Waals surface area contributed by atoms with Crippen LogP contribution in [0, 0.1) is 62.3 Å². The van der Waals surface area contributed by atoms with Crippen LogP contribution in [0.5, 0.6) is 0 Å². The molecule has 0 saturated carbocycles. The standard InChI is InChI=1S/C24H30O2S/c1-11-12(2)14(4)21-18(8)23-19(9)24(27(10,25)26)16(6)15(5)22(23)17(7)20(21)13(11)3/h1-10H3. The largest absolute Gasteiger partial charge is 0.224 e. The first kappa shape index (κ1) is 19.9. The van der Waals surface area contributed by atoms with E-state index in [-0.39, 0.29) is 0 Å². The Morgan fingerprint density at radius 2 is 0.704 bits per heavy atom. The molecule has 144 valence electrons. The fourth-order valence-corrected chi connectivity index (χ4v) is 6.49. The molecule has 3 aromatic carbocycles. The Balaban J connectivity index is 2.83. The van der Waals surface area contributed by atoms with E-state index in [2.05, 4.69) is 48.5 Å². The van der Waals surface area contributed by atoms with Gasteiger partial charge in [-0.05, 0) is 134 Å². The Morgan fingerprint density at radius 3 is 1.04 bits per heavy atom. The van der Waals surface area contributed by atoms with Crippen molar-refractivity contribution in [3.63, 3.8) is 0 Å². The summed E-state index contributed by atoms with van der Waals surface area (Å²) in [6.07, 6.45) is 1.32. The van der Waals surface area contributed by atoms with E-state index >= 15 is 0 Å². The summed E-state index contributed by atoms with van der Waals surface area (Å²) in [6, 6.07) is 0. The molecule has 0 fully saturated rings. The Kier molecular flexibility index (Phi) is 4.47. The lowest BCUT2D eigenvalue weighted by Gasteiger charge is -2.24. The van der Waals surface area contributed by atoms with Crippen LogP contribution in [0.2, 0.25) is 0 Å². The molecule has 0 aliphatic rings. The lowest BCUT2D eigenvalue weighted by Crippen LogP contribution is -2.08. The van der Waals surface area contributed by atoms with Gasteiger partial charge in [-0.25, -0.2) is 8.42 Å². The number of aryl methyl sites for hydroxylation is 6. The average Bonchev–Trinajstić information content (AvgIpc) is 2.56. The van der Waals surface area contributed by atoms with Crippen molar-refractivity contribution in [2.45, 2.75) is 67.2 Å². The lowest BCUT2D eigenvalue weighted by molar-refractivity contribution is 0.600. The molecule has 0 aliphatic heterocycles. The molecule has 0 amide bonds. The van der Waals surface area contributed by atoms with Gasteiger partial charge in [-0.15, -0.1) is 0 Å². The molecule has 0 bridgehead atoms. The highest BCUT2D eigenvalue weighted by Crippen LogP contribution is 2.43. The molecular weight excluding hydrogens is 352 g/mol. The van der Waals surface area contributed by atoms with Crippen molar-refractivity contribution in [2.24, 2.45) is 0 Å². The highest BCUT2D eigenvalue weighted by molar-refractivity contribution is 7.90. The second-order valence-corrected chi connectivity index (χ2v) is 10.2. The van der Waals surface area contributed by atoms with Crippen molar-refractivity contribution in [1.82, 2.24) is 0 Å². The van der Waals surface area contributed by atoms with Gasteiger partial charge in [0.15, 0.2) is 9.84 Å². The van der Waals surface area contributed by atoms with E-state index in [1.807, 2.05) is 13.8 Å². The summed E-state index contributed by atoms with van der Waals surface area (Å²) in [5.41, 5.74) is 10.6. The van der Waals surface area contributed by atoms with E-state index in [0.717, 1.165) is 22.1 Å². The smallest absolute Gasteiger partial charge is 0.176 e. The first-order valence-electron chi connectivity index (χ1n) is 9.45. The van der Waals surface area contributed by atoms with Crippen LogP contribution in [-0.4, -0.2) is 14.7 Å². The summed E-state index contributed by atoms with van der Waals surface area (Å²) in [4.78, 5) is 0.493. The lowest BCUT2D eigenvalue weighted by atomic mass is 9.81. The van der Waals surface area contributed by atoms with E-state index in [1.165, 1.54) is 55.8 Å². The number of hydrogen-bond acceptors (Lipinski definition) is 2. The van der Waals surface area contributed by atoms with E-state index in [9.17, 15) is 8.42 Å². The topological polar surface area (TPSA) is 34.1 Å². The van der Waals surface area contributed by atoms with E-state index in [0.29, 0.717) is 4.90 Å². The monoisotopic (exact) mass is 382 g/mol. The molecule has 0 aromatic heterocycles. The van der Waals surface area contributed by atoms with Gasteiger partial charge in [0.2, 0.25) is 0 Å². The van der Waals surface area contributed by atoms with Crippen molar-refractivity contribution >= 4 is 31.4 Å². The Morgan fingerprint density at radius 1 is 0.407 bits per heavy atom. The summed E-state index contributed by atoms with van der Waals surface area (Å²) in [6.45, 7) is 19.1. The third-order valence-corrected chi connectivity index (χ3v) is 8.16. The van der Waals surface area contributed by atoms with Crippen LogP contribution in [0.15, 0.2) is 4.90 Å². The SMILES string of the molecule is Cc1c(C)c(C)c2c(C)c3c(C)c(S(C)(=O)=O)c(C)c(C)c3c(C)c2c1C. The fraction of sp³-hybridized carbons (Fsp3) is 0.417. The van der Waals surface area contributed by atoms with Crippen molar-refractivity contribution < 1.29 is 8.42 Å². The molecule has 0 saturated heterocycles. The fourth-order valence-electron chi connectivity index (χ4n) is 5.12. The van der Waals surface area contributed by atoms with Crippen molar-refractivity contribution in [3.05, 3.63) is 50.1 Å². The van der Waals surface area contributed by atoms with Gasteiger partial charge in [-0.1, -0.05) is 0 Å². The molecule has 0 atom stereocenters. The maximum Gasteiger partial charge on any atom is 0.176 e. The van der Waals surface area contributed by atoms with E-state index in [4.69, 9.17) is 0 Å². The number of benzene rings is 3. The summed E-state index contributed by atoms with van der Waals surface area (Å²) in [7, 11) is -3.29. The van der Waals surface area contributed by atoms with Crippen LogP contribution in [0.1, 0.15) is 50.1 Å². The molecule has 0 heterocycles. The zero-order valence-electron chi connectivity index (χ0n) is 18.2. The molecule has 0 radical (unpaired) electrons. The minimum absolute atomic E-state index is 0.493. The quantitative estimate of drug-likeness (QED) is 0.471. The number of fused-ring (bicyclic) bond motifs is 2. The molecule has 0 N–H and O–H groups in total. The van der Waals surface area contributed by atoms with Crippen LogP contribution < -0.4 is 0 Å². The Hall–Kier alpha value is -1.87. The number of hydrogen-bond donors (Lipinski definition) is 0. The maximum atomic E-state index is 12.6. The van der Waals surface area contributed by atoms with Crippen LogP contribution in [0.3, 0.4) is 0 Å². The highest BCUT2D eigenvalue weighted by atomic mass is 32.2. The third-order valence-electron chi connectivity index (χ3n) is 6.80. The molecule has 3 heteroatoms. The van der Waals surface area contributed by atoms with Gasteiger partial charge in [0.1, 0.15) is 0 Å². The Labute approximate surface area is 163 Å². The first-order chi connectivity index (χ1) is 12.3. The average molecular weight is 383 g/mol. The van der Waals surface area contributed by atoms with Crippen molar-refractivity contribution in [3.8, 4) is 0 Å². The van der Waals surface area contributed by atoms with Gasteiger partial charge in [0.05, 0.1) is 4.90 Å². The van der Waals surface area contributed by atoms with E-state index in [1.54, 1.807) is 0 Å². The molecule has 3 aromatic rings. The van der Waals surface area contributed by atoms with Crippen LogP contribution >= 0.6 is 0 Å². The molecule has 2 nitrogen and oxygen atoms in total. The van der Waals surface area contributed by atoms with Gasteiger partial charge >= 0.3 is 0 Å². The predicted octanol–water partition coefficient (Wildman–Crippen LogP) is 6.17. The highest BCUT2D eigenvalue weighted by Gasteiger charge is 2.24. The minimum Gasteiger partial charge on any atom is -0.224 e. The van der Waals surface area contributed by atoms with Crippen LogP contribution in [-0.2, 0) is 9.84 Å². The van der Waals surface area contributed by atoms with Crippen LogP contribution in [0.4, 0.5) is 0 Å². The van der Waals surface area contributed by atoms with Crippen molar-refractivity contribution in [2.75, 3.05) is 6.26 Å². The first-order valence-corrected chi connectivity index (χ1v) is 11.3. The summed E-state index contributed by atoms with van der Waals surface area (Å²) >= 11 is 0. The normalized spacial score (nSPS) is 12.4. The Bertz CT molecular complexity index is 1260. The van der Waals surface area contributed by atoms with Gasteiger partial charge in [-0.2, -0.15) is 0 Å². The molecule has 0 spiro atoms. The van der Waals surface area contributed by atoms with Crippen molar-refractivity contribution in [1.29, 1.82) is 0 Å². The second kappa shape index (κ2) is 6.07. The number of rotatable bonds is 1. The van der Waals surface area contributed by atoms with Gasteiger partial charge < -0.3 is 0 Å². The van der Waals surface area contributed by atoms with Gasteiger partial charge in [0.25, 0.3) is 0 Å². The second-order valence-electron chi connectivity index (χ2n) is 8.23. The van der Waals surface area contributed by atoms with Crippen LogP contribution in [0.25, 0.3) is 21.5 Å². The molecule has 27 heavy (non-hydrogen) atoms.